The molecule has 2 aromatic carbocycles. The topological polar surface area (TPSA) is 29.5 Å². The van der Waals surface area contributed by atoms with Crippen LogP contribution in [0.3, 0.4) is 0 Å². The molecule has 0 radical (unpaired) electrons. The summed E-state index contributed by atoms with van der Waals surface area (Å²) in [5.74, 6) is 0.817. The van der Waals surface area contributed by atoms with Crippen LogP contribution >= 0.6 is 0 Å². The predicted octanol–water partition coefficient (Wildman–Crippen LogP) is 4.41. The second kappa shape index (κ2) is 5.63. The van der Waals surface area contributed by atoms with Gasteiger partial charge in [-0.25, -0.2) is 4.39 Å². The molecule has 3 heteroatoms. The fourth-order valence-corrected chi connectivity index (χ4v) is 2.06. The standard InChI is InChI=1S/C17H19FO2/c1-17(2,3)14-6-4-5-7-16(14)20-15-9-8-13(18)10-12(15)11-19/h4-10,19H,11H2,1-3H3. The first-order valence-electron chi connectivity index (χ1n) is 6.58. The molecule has 0 aliphatic heterocycles. The van der Waals surface area contributed by atoms with Crippen molar-refractivity contribution in [2.24, 2.45) is 0 Å². The van der Waals surface area contributed by atoms with Crippen LogP contribution in [0.2, 0.25) is 0 Å². The van der Waals surface area contributed by atoms with Crippen molar-refractivity contribution in [1.29, 1.82) is 0 Å². The second-order valence-corrected chi connectivity index (χ2v) is 5.76. The number of aliphatic hydroxyl groups excluding tert-OH is 1. The summed E-state index contributed by atoms with van der Waals surface area (Å²) < 4.78 is 19.1. The number of benzene rings is 2. The van der Waals surface area contributed by atoms with Crippen LogP contribution in [0.5, 0.6) is 11.5 Å². The van der Waals surface area contributed by atoms with Crippen LogP contribution in [-0.2, 0) is 12.0 Å². The average Bonchev–Trinajstić information content (AvgIpc) is 2.40. The first kappa shape index (κ1) is 14.5. The van der Waals surface area contributed by atoms with Crippen molar-refractivity contribution in [3.63, 3.8) is 0 Å². The fraction of sp³-hybridized carbons (Fsp3) is 0.294. The van der Waals surface area contributed by atoms with Crippen molar-refractivity contribution < 1.29 is 14.2 Å². The molecular formula is C17H19FO2. The van der Waals surface area contributed by atoms with Crippen LogP contribution in [0.1, 0.15) is 31.9 Å². The third kappa shape index (κ3) is 3.17. The second-order valence-electron chi connectivity index (χ2n) is 5.76. The molecule has 0 saturated carbocycles. The van der Waals surface area contributed by atoms with E-state index in [0.717, 1.165) is 11.3 Å². The maximum absolute atomic E-state index is 13.2. The van der Waals surface area contributed by atoms with E-state index in [-0.39, 0.29) is 17.8 Å². The van der Waals surface area contributed by atoms with Gasteiger partial charge < -0.3 is 9.84 Å². The molecule has 0 aliphatic carbocycles. The molecule has 20 heavy (non-hydrogen) atoms. The Morgan fingerprint density at radius 3 is 2.40 bits per heavy atom. The van der Waals surface area contributed by atoms with Crippen LogP contribution in [0.4, 0.5) is 4.39 Å². The van der Waals surface area contributed by atoms with E-state index in [9.17, 15) is 9.50 Å². The highest BCUT2D eigenvalue weighted by atomic mass is 19.1. The molecule has 0 aromatic heterocycles. The minimum Gasteiger partial charge on any atom is -0.457 e. The van der Waals surface area contributed by atoms with Crippen LogP contribution in [0.25, 0.3) is 0 Å². The number of para-hydroxylation sites is 1. The minimum atomic E-state index is -0.384. The molecule has 2 aromatic rings. The quantitative estimate of drug-likeness (QED) is 0.898. The largest absolute Gasteiger partial charge is 0.457 e. The molecule has 0 fully saturated rings. The van der Waals surface area contributed by atoms with Crippen molar-refractivity contribution in [1.82, 2.24) is 0 Å². The molecule has 106 valence electrons. The molecular weight excluding hydrogens is 255 g/mol. The Morgan fingerprint density at radius 1 is 1.05 bits per heavy atom. The highest BCUT2D eigenvalue weighted by Crippen LogP contribution is 2.35. The maximum atomic E-state index is 13.2. The van der Waals surface area contributed by atoms with Crippen molar-refractivity contribution in [3.05, 3.63) is 59.4 Å². The van der Waals surface area contributed by atoms with E-state index < -0.39 is 0 Å². The Kier molecular flexibility index (Phi) is 4.09. The van der Waals surface area contributed by atoms with E-state index in [2.05, 4.69) is 20.8 Å². The summed E-state index contributed by atoms with van der Waals surface area (Å²) in [6.07, 6.45) is 0. The van der Waals surface area contributed by atoms with E-state index in [1.54, 1.807) is 6.07 Å². The van der Waals surface area contributed by atoms with E-state index in [1.807, 2.05) is 24.3 Å². The van der Waals surface area contributed by atoms with Crippen molar-refractivity contribution in [3.8, 4) is 11.5 Å². The summed E-state index contributed by atoms with van der Waals surface area (Å²) >= 11 is 0. The molecule has 0 aliphatic rings. The first-order valence-corrected chi connectivity index (χ1v) is 6.58. The van der Waals surface area contributed by atoms with Gasteiger partial charge in [-0.3, -0.25) is 0 Å². The van der Waals surface area contributed by atoms with E-state index in [1.165, 1.54) is 12.1 Å². The number of rotatable bonds is 3. The van der Waals surface area contributed by atoms with Gasteiger partial charge in [0, 0.05) is 11.1 Å². The number of aliphatic hydroxyl groups is 1. The monoisotopic (exact) mass is 274 g/mol. The molecule has 0 saturated heterocycles. The zero-order valence-corrected chi connectivity index (χ0v) is 12.0. The summed E-state index contributed by atoms with van der Waals surface area (Å²) in [7, 11) is 0. The van der Waals surface area contributed by atoms with Crippen molar-refractivity contribution in [2.45, 2.75) is 32.8 Å². The Labute approximate surface area is 118 Å². The molecule has 0 bridgehead atoms. The predicted molar refractivity (Wildman–Crippen MR) is 77.5 cm³/mol. The van der Waals surface area contributed by atoms with Gasteiger partial charge in [-0.1, -0.05) is 39.0 Å². The summed E-state index contributed by atoms with van der Waals surface area (Å²) in [4.78, 5) is 0. The van der Waals surface area contributed by atoms with Crippen molar-refractivity contribution >= 4 is 0 Å². The lowest BCUT2D eigenvalue weighted by molar-refractivity contribution is 0.275. The van der Waals surface area contributed by atoms with E-state index in [4.69, 9.17) is 4.74 Å². The minimum absolute atomic E-state index is 0.0595. The van der Waals surface area contributed by atoms with Gasteiger partial charge in [0.25, 0.3) is 0 Å². The first-order chi connectivity index (χ1) is 9.41. The molecule has 0 atom stereocenters. The van der Waals surface area contributed by atoms with Gasteiger partial charge in [-0.2, -0.15) is 0 Å². The van der Waals surface area contributed by atoms with Crippen LogP contribution in [-0.4, -0.2) is 5.11 Å². The van der Waals surface area contributed by atoms with Crippen LogP contribution in [0.15, 0.2) is 42.5 Å². The Morgan fingerprint density at radius 2 is 1.75 bits per heavy atom. The summed E-state index contributed by atoms with van der Waals surface area (Å²) in [5, 5.41) is 9.30. The van der Waals surface area contributed by atoms with Gasteiger partial charge in [0.2, 0.25) is 0 Å². The lowest BCUT2D eigenvalue weighted by atomic mass is 9.86. The van der Waals surface area contributed by atoms with Gasteiger partial charge in [0.05, 0.1) is 6.61 Å². The smallest absolute Gasteiger partial charge is 0.133 e. The zero-order chi connectivity index (χ0) is 14.8. The Balaban J connectivity index is 2.41. The molecule has 0 spiro atoms. The van der Waals surface area contributed by atoms with Crippen LogP contribution in [0, 0.1) is 5.82 Å². The van der Waals surface area contributed by atoms with E-state index in [0.29, 0.717) is 11.3 Å². The normalized spacial score (nSPS) is 11.4. The average molecular weight is 274 g/mol. The van der Waals surface area contributed by atoms with Crippen molar-refractivity contribution in [2.75, 3.05) is 0 Å². The molecule has 0 amide bonds. The van der Waals surface area contributed by atoms with Gasteiger partial charge >= 0.3 is 0 Å². The highest BCUT2D eigenvalue weighted by molar-refractivity contribution is 5.43. The fourth-order valence-electron chi connectivity index (χ4n) is 2.06. The third-order valence-corrected chi connectivity index (χ3v) is 3.11. The lowest BCUT2D eigenvalue weighted by Crippen LogP contribution is -2.12. The zero-order valence-electron chi connectivity index (χ0n) is 12.0. The number of hydrogen-bond donors (Lipinski definition) is 1. The summed E-state index contributed by atoms with van der Waals surface area (Å²) in [6.45, 7) is 6.05. The van der Waals surface area contributed by atoms with Gasteiger partial charge in [0.1, 0.15) is 17.3 Å². The number of hydrogen-bond acceptors (Lipinski definition) is 2. The Hall–Kier alpha value is -1.87. The van der Waals surface area contributed by atoms with E-state index >= 15 is 0 Å². The van der Waals surface area contributed by atoms with Gasteiger partial charge in [0.15, 0.2) is 0 Å². The maximum Gasteiger partial charge on any atom is 0.133 e. The van der Waals surface area contributed by atoms with Gasteiger partial charge in [-0.05, 0) is 29.7 Å². The summed E-state index contributed by atoms with van der Waals surface area (Å²) in [5.41, 5.74) is 1.44. The van der Waals surface area contributed by atoms with Crippen LogP contribution < -0.4 is 4.74 Å². The third-order valence-electron chi connectivity index (χ3n) is 3.11. The SMILES string of the molecule is CC(C)(C)c1ccccc1Oc1ccc(F)cc1CO. The molecule has 0 heterocycles. The number of ether oxygens (including phenoxy) is 1. The number of halogens is 1. The Bertz CT molecular complexity index is 600. The lowest BCUT2D eigenvalue weighted by Gasteiger charge is -2.23. The molecule has 2 rings (SSSR count). The highest BCUT2D eigenvalue weighted by Gasteiger charge is 2.19. The van der Waals surface area contributed by atoms with Gasteiger partial charge in [-0.15, -0.1) is 0 Å². The molecule has 0 unspecified atom stereocenters. The summed E-state index contributed by atoms with van der Waals surface area (Å²) in [6, 6.07) is 11.9. The molecule has 2 nitrogen and oxygen atoms in total. The molecule has 1 N–H and O–H groups in total.